The summed E-state index contributed by atoms with van der Waals surface area (Å²) in [6, 6.07) is 0. The number of hydrogen-bond acceptors (Lipinski definition) is 3. The summed E-state index contributed by atoms with van der Waals surface area (Å²) in [5.74, 6) is 0. The van der Waals surface area contributed by atoms with Crippen molar-refractivity contribution in [2.24, 2.45) is 12.5 Å². The second-order valence-corrected chi connectivity index (χ2v) is 6.61. The maximum Gasteiger partial charge on any atom is 0.0863 e. The lowest BCUT2D eigenvalue weighted by Crippen LogP contribution is -2.30. The van der Waals surface area contributed by atoms with Gasteiger partial charge in [0.2, 0.25) is 0 Å². The maximum absolute atomic E-state index is 9.93. The molecule has 0 saturated heterocycles. The summed E-state index contributed by atoms with van der Waals surface area (Å²) in [5, 5.41) is 18.3. The van der Waals surface area contributed by atoms with Gasteiger partial charge in [0.1, 0.15) is 0 Å². The molecular formula is C14H26ClN3O. The SMILES string of the molecule is CCc1nn(C)c(CNCC(O)CC(C)(C)C)c1Cl. The lowest BCUT2D eigenvalue weighted by molar-refractivity contribution is 0.119. The van der Waals surface area contributed by atoms with E-state index in [9.17, 15) is 5.11 Å². The van der Waals surface area contributed by atoms with Crippen LogP contribution in [-0.2, 0) is 20.0 Å². The van der Waals surface area contributed by atoms with Gasteiger partial charge in [-0.15, -0.1) is 0 Å². The van der Waals surface area contributed by atoms with Gasteiger partial charge in [-0.3, -0.25) is 4.68 Å². The molecule has 0 radical (unpaired) electrons. The first kappa shape index (κ1) is 16.5. The molecule has 19 heavy (non-hydrogen) atoms. The van der Waals surface area contributed by atoms with E-state index in [4.69, 9.17) is 11.6 Å². The smallest absolute Gasteiger partial charge is 0.0863 e. The monoisotopic (exact) mass is 287 g/mol. The molecule has 1 aromatic rings. The van der Waals surface area contributed by atoms with Crippen molar-refractivity contribution in [2.45, 2.75) is 53.2 Å². The summed E-state index contributed by atoms with van der Waals surface area (Å²) in [4.78, 5) is 0. The topological polar surface area (TPSA) is 50.1 Å². The first-order valence-corrected chi connectivity index (χ1v) is 7.21. The normalized spacial score (nSPS) is 13.8. The predicted molar refractivity (Wildman–Crippen MR) is 79.4 cm³/mol. The van der Waals surface area contributed by atoms with Crippen LogP contribution in [0.2, 0.25) is 5.02 Å². The van der Waals surface area contributed by atoms with Crippen molar-refractivity contribution in [3.05, 3.63) is 16.4 Å². The minimum Gasteiger partial charge on any atom is -0.392 e. The van der Waals surface area contributed by atoms with Gasteiger partial charge in [-0.05, 0) is 18.3 Å². The van der Waals surface area contributed by atoms with Crippen molar-refractivity contribution in [3.8, 4) is 0 Å². The van der Waals surface area contributed by atoms with E-state index in [1.165, 1.54) is 0 Å². The van der Waals surface area contributed by atoms with Gasteiger partial charge in [0.15, 0.2) is 0 Å². The van der Waals surface area contributed by atoms with Gasteiger partial charge >= 0.3 is 0 Å². The third-order valence-electron chi connectivity index (χ3n) is 3.02. The van der Waals surface area contributed by atoms with Crippen LogP contribution in [0.5, 0.6) is 0 Å². The Morgan fingerprint density at radius 1 is 1.42 bits per heavy atom. The molecule has 1 rings (SSSR count). The van der Waals surface area contributed by atoms with Crippen molar-refractivity contribution in [1.82, 2.24) is 15.1 Å². The van der Waals surface area contributed by atoms with Crippen molar-refractivity contribution in [1.29, 1.82) is 0 Å². The zero-order valence-electron chi connectivity index (χ0n) is 12.6. The van der Waals surface area contributed by atoms with Gasteiger partial charge in [0.05, 0.1) is 22.5 Å². The molecule has 0 aliphatic rings. The zero-order chi connectivity index (χ0) is 14.6. The number of aryl methyl sites for hydroxylation is 2. The lowest BCUT2D eigenvalue weighted by Gasteiger charge is -2.22. The lowest BCUT2D eigenvalue weighted by atomic mass is 9.89. The highest BCUT2D eigenvalue weighted by atomic mass is 35.5. The van der Waals surface area contributed by atoms with Crippen LogP contribution >= 0.6 is 11.6 Å². The van der Waals surface area contributed by atoms with E-state index in [1.54, 1.807) is 0 Å². The zero-order valence-corrected chi connectivity index (χ0v) is 13.4. The van der Waals surface area contributed by atoms with Crippen LogP contribution in [0.15, 0.2) is 0 Å². The molecular weight excluding hydrogens is 262 g/mol. The number of nitrogens with one attached hydrogen (secondary N) is 1. The van der Waals surface area contributed by atoms with Crippen LogP contribution in [0.1, 0.15) is 45.5 Å². The molecule has 110 valence electrons. The molecule has 1 aromatic heterocycles. The van der Waals surface area contributed by atoms with Gasteiger partial charge in [0, 0.05) is 20.1 Å². The maximum atomic E-state index is 9.93. The minimum atomic E-state index is -0.336. The first-order chi connectivity index (χ1) is 8.74. The highest BCUT2D eigenvalue weighted by molar-refractivity contribution is 6.31. The van der Waals surface area contributed by atoms with Crippen molar-refractivity contribution in [2.75, 3.05) is 6.54 Å². The number of nitrogens with zero attached hydrogens (tertiary/aromatic N) is 2. The van der Waals surface area contributed by atoms with E-state index in [2.05, 4.69) is 31.2 Å². The van der Waals surface area contributed by atoms with Crippen molar-refractivity contribution in [3.63, 3.8) is 0 Å². The van der Waals surface area contributed by atoms with Gasteiger partial charge in [0.25, 0.3) is 0 Å². The van der Waals surface area contributed by atoms with Crippen molar-refractivity contribution < 1.29 is 5.11 Å². The summed E-state index contributed by atoms with van der Waals surface area (Å²) < 4.78 is 1.81. The fourth-order valence-electron chi connectivity index (χ4n) is 2.15. The summed E-state index contributed by atoms with van der Waals surface area (Å²) in [6.07, 6.45) is 1.27. The molecule has 4 nitrogen and oxygen atoms in total. The molecule has 0 aromatic carbocycles. The van der Waals surface area contributed by atoms with Crippen LogP contribution in [0.3, 0.4) is 0 Å². The molecule has 1 atom stereocenters. The van der Waals surface area contributed by atoms with Crippen molar-refractivity contribution >= 4 is 11.6 Å². The molecule has 0 spiro atoms. The second-order valence-electron chi connectivity index (χ2n) is 6.23. The Bertz CT molecular complexity index is 410. The van der Waals surface area contributed by atoms with Gasteiger partial charge in [-0.1, -0.05) is 39.3 Å². The third-order valence-corrected chi connectivity index (χ3v) is 3.46. The number of aliphatic hydroxyl groups excluding tert-OH is 1. The molecule has 2 N–H and O–H groups in total. The van der Waals surface area contributed by atoms with Gasteiger partial charge in [-0.2, -0.15) is 5.10 Å². The average Bonchev–Trinajstić information content (AvgIpc) is 2.53. The van der Waals surface area contributed by atoms with Gasteiger partial charge in [-0.25, -0.2) is 0 Å². The fourth-order valence-corrected chi connectivity index (χ4v) is 2.51. The number of rotatable bonds is 6. The molecule has 0 amide bonds. The molecule has 0 bridgehead atoms. The average molecular weight is 288 g/mol. The van der Waals surface area contributed by atoms with E-state index < -0.39 is 0 Å². The van der Waals surface area contributed by atoms with E-state index >= 15 is 0 Å². The third kappa shape index (κ3) is 5.13. The van der Waals surface area contributed by atoms with Crippen LogP contribution < -0.4 is 5.32 Å². The summed E-state index contributed by atoms with van der Waals surface area (Å²) >= 11 is 6.27. The molecule has 0 aliphatic carbocycles. The number of aliphatic hydroxyl groups is 1. The summed E-state index contributed by atoms with van der Waals surface area (Å²) in [7, 11) is 1.90. The van der Waals surface area contributed by atoms with Gasteiger partial charge < -0.3 is 10.4 Å². The summed E-state index contributed by atoms with van der Waals surface area (Å²) in [5.41, 5.74) is 2.04. The highest BCUT2D eigenvalue weighted by Crippen LogP contribution is 2.22. The molecule has 1 heterocycles. The largest absolute Gasteiger partial charge is 0.392 e. The van der Waals surface area contributed by atoms with Crippen LogP contribution in [0.25, 0.3) is 0 Å². The Morgan fingerprint density at radius 3 is 2.53 bits per heavy atom. The quantitative estimate of drug-likeness (QED) is 0.845. The predicted octanol–water partition coefficient (Wildman–Crippen LogP) is 2.52. The first-order valence-electron chi connectivity index (χ1n) is 6.83. The number of halogens is 1. The minimum absolute atomic E-state index is 0.140. The standard InChI is InChI=1S/C14H26ClN3O/c1-6-11-13(15)12(18(5)17-11)9-16-8-10(19)7-14(2,3)4/h10,16,19H,6-9H2,1-5H3. The molecule has 0 fully saturated rings. The Labute approximate surface area is 121 Å². The Hall–Kier alpha value is -0.580. The second kappa shape index (κ2) is 6.73. The Morgan fingerprint density at radius 2 is 2.05 bits per heavy atom. The van der Waals surface area contributed by atoms with Crippen LogP contribution in [0.4, 0.5) is 0 Å². The Kier molecular flexibility index (Phi) is 5.83. The van der Waals surface area contributed by atoms with E-state index in [0.717, 1.165) is 29.3 Å². The molecule has 0 saturated carbocycles. The molecule has 5 heteroatoms. The number of aromatic nitrogens is 2. The number of hydrogen-bond donors (Lipinski definition) is 2. The Balaban J connectivity index is 2.48. The summed E-state index contributed by atoms with van der Waals surface area (Å²) in [6.45, 7) is 9.62. The molecule has 1 unspecified atom stereocenters. The van der Waals surface area contributed by atoms with E-state index in [1.807, 2.05) is 18.7 Å². The van der Waals surface area contributed by atoms with E-state index in [-0.39, 0.29) is 11.5 Å². The van der Waals surface area contributed by atoms with Crippen LogP contribution in [-0.4, -0.2) is 27.5 Å². The highest BCUT2D eigenvalue weighted by Gasteiger charge is 2.17. The molecule has 0 aliphatic heterocycles. The van der Waals surface area contributed by atoms with Crippen LogP contribution in [0, 0.1) is 5.41 Å². The fraction of sp³-hybridized carbons (Fsp3) is 0.786. The van der Waals surface area contributed by atoms with E-state index in [0.29, 0.717) is 13.1 Å².